The van der Waals surface area contributed by atoms with Gasteiger partial charge in [-0.2, -0.15) is 0 Å². The zero-order chi connectivity index (χ0) is 13.8. The number of amides is 1. The molecule has 0 spiro atoms. The lowest BCUT2D eigenvalue weighted by Crippen LogP contribution is -2.32. The van der Waals surface area contributed by atoms with Gasteiger partial charge in [-0.3, -0.25) is 4.79 Å². The van der Waals surface area contributed by atoms with E-state index in [-0.39, 0.29) is 5.91 Å². The van der Waals surface area contributed by atoms with Crippen LogP contribution in [0.1, 0.15) is 48.6 Å². The maximum Gasteiger partial charge on any atom is 0.273 e. The molecule has 0 aliphatic carbocycles. The molecule has 1 atom stereocenters. The first kappa shape index (κ1) is 14.5. The molecule has 4 nitrogen and oxygen atoms in total. The van der Waals surface area contributed by atoms with Gasteiger partial charge in [-0.25, -0.2) is 4.98 Å². The van der Waals surface area contributed by atoms with Crippen molar-refractivity contribution in [3.8, 4) is 0 Å². The van der Waals surface area contributed by atoms with Crippen molar-refractivity contribution in [2.45, 2.75) is 39.7 Å². The highest BCUT2D eigenvalue weighted by Gasteiger charge is 2.24. The van der Waals surface area contributed by atoms with Gasteiger partial charge in [0.2, 0.25) is 0 Å². The molecule has 1 amide bonds. The van der Waals surface area contributed by atoms with E-state index in [0.29, 0.717) is 18.2 Å². The van der Waals surface area contributed by atoms with Gasteiger partial charge in [-0.15, -0.1) is 11.3 Å². The molecule has 19 heavy (non-hydrogen) atoms. The summed E-state index contributed by atoms with van der Waals surface area (Å²) in [6.07, 6.45) is 3.44. The Balaban J connectivity index is 1.99. The third-order valence-corrected chi connectivity index (χ3v) is 4.82. The molecule has 106 valence electrons. The van der Waals surface area contributed by atoms with E-state index < -0.39 is 0 Å². The molecule has 0 radical (unpaired) electrons. The lowest BCUT2D eigenvalue weighted by molar-refractivity contribution is 0.0753. The Labute approximate surface area is 119 Å². The molecule has 2 heterocycles. The number of hydrogen-bond donors (Lipinski definition) is 1. The number of nitrogens with two attached hydrogens (primary N) is 1. The Bertz CT molecular complexity index is 430. The predicted octanol–water partition coefficient (Wildman–Crippen LogP) is 2.50. The summed E-state index contributed by atoms with van der Waals surface area (Å²) >= 11 is 1.47. The van der Waals surface area contributed by atoms with Crippen molar-refractivity contribution in [3.63, 3.8) is 0 Å². The van der Waals surface area contributed by atoms with Crippen molar-refractivity contribution >= 4 is 17.2 Å². The van der Waals surface area contributed by atoms with Gasteiger partial charge in [0, 0.05) is 25.0 Å². The van der Waals surface area contributed by atoms with Gasteiger partial charge in [0.05, 0.1) is 0 Å². The molecule has 2 rings (SSSR count). The molecule has 1 aliphatic rings. The molecule has 5 heteroatoms. The number of likely N-dealkylation sites (tertiary alicyclic amines) is 1. The molecular formula is C14H23N3OS. The Kier molecular flexibility index (Phi) is 4.93. The van der Waals surface area contributed by atoms with Crippen LogP contribution in [0.4, 0.5) is 0 Å². The lowest BCUT2D eigenvalue weighted by Gasteiger charge is -2.20. The summed E-state index contributed by atoms with van der Waals surface area (Å²) in [5.41, 5.74) is 6.10. The Morgan fingerprint density at radius 1 is 1.53 bits per heavy atom. The number of hydrogen-bond acceptors (Lipinski definition) is 4. The Morgan fingerprint density at radius 2 is 2.32 bits per heavy atom. The second kappa shape index (κ2) is 6.48. The van der Waals surface area contributed by atoms with Crippen LogP contribution >= 0.6 is 11.3 Å². The van der Waals surface area contributed by atoms with E-state index in [1.807, 2.05) is 10.3 Å². The van der Waals surface area contributed by atoms with Crippen LogP contribution in [0.2, 0.25) is 0 Å². The summed E-state index contributed by atoms with van der Waals surface area (Å²) in [7, 11) is 0. The van der Waals surface area contributed by atoms with E-state index in [0.717, 1.165) is 36.9 Å². The largest absolute Gasteiger partial charge is 0.337 e. The zero-order valence-corrected chi connectivity index (χ0v) is 12.6. The summed E-state index contributed by atoms with van der Waals surface area (Å²) in [6.45, 7) is 6.67. The van der Waals surface area contributed by atoms with Crippen LogP contribution in [-0.2, 0) is 6.54 Å². The number of thiazole rings is 1. The van der Waals surface area contributed by atoms with Crippen LogP contribution in [0.5, 0.6) is 0 Å². The average Bonchev–Trinajstić information content (AvgIpc) is 2.74. The van der Waals surface area contributed by atoms with Crippen LogP contribution < -0.4 is 5.73 Å². The smallest absolute Gasteiger partial charge is 0.273 e. The van der Waals surface area contributed by atoms with Gasteiger partial charge in [-0.05, 0) is 31.1 Å². The van der Waals surface area contributed by atoms with Crippen LogP contribution in [-0.4, -0.2) is 28.9 Å². The van der Waals surface area contributed by atoms with Crippen molar-refractivity contribution in [2.24, 2.45) is 17.6 Å². The summed E-state index contributed by atoms with van der Waals surface area (Å²) in [5, 5.41) is 2.66. The normalized spacial score (nSPS) is 20.6. The maximum atomic E-state index is 12.4. The van der Waals surface area contributed by atoms with E-state index in [9.17, 15) is 4.79 Å². The second-order valence-electron chi connectivity index (χ2n) is 5.56. The number of nitrogens with zero attached hydrogens (tertiary/aromatic N) is 2. The van der Waals surface area contributed by atoms with Crippen LogP contribution in [0.3, 0.4) is 0 Å². The molecule has 1 aromatic heterocycles. The number of carbonyl (C=O) groups is 1. The number of carbonyl (C=O) groups excluding carboxylic acids is 1. The van der Waals surface area contributed by atoms with E-state index in [1.54, 1.807) is 0 Å². The summed E-state index contributed by atoms with van der Waals surface area (Å²) in [6, 6.07) is 0. The van der Waals surface area contributed by atoms with E-state index >= 15 is 0 Å². The summed E-state index contributed by atoms with van der Waals surface area (Å²) in [4.78, 5) is 18.6. The second-order valence-corrected chi connectivity index (χ2v) is 6.50. The van der Waals surface area contributed by atoms with Crippen LogP contribution in [0.15, 0.2) is 5.38 Å². The highest BCUT2D eigenvalue weighted by Crippen LogP contribution is 2.25. The standard InChI is InChI=1S/C14H23N3OS/c1-10(2)11-4-3-6-17(7-5-11)14(18)12-9-19-13(8-15)16-12/h9-11H,3-8,15H2,1-2H3. The molecule has 0 saturated carbocycles. The molecular weight excluding hydrogens is 258 g/mol. The first-order chi connectivity index (χ1) is 9.11. The molecule has 0 aromatic carbocycles. The van der Waals surface area contributed by atoms with Gasteiger partial charge >= 0.3 is 0 Å². The maximum absolute atomic E-state index is 12.4. The first-order valence-electron chi connectivity index (χ1n) is 7.05. The predicted molar refractivity (Wildman–Crippen MR) is 78.1 cm³/mol. The summed E-state index contributed by atoms with van der Waals surface area (Å²) < 4.78 is 0. The van der Waals surface area contributed by atoms with E-state index in [2.05, 4.69) is 18.8 Å². The number of rotatable bonds is 3. The molecule has 1 aromatic rings. The molecule has 1 fully saturated rings. The van der Waals surface area contributed by atoms with Gasteiger partial charge < -0.3 is 10.6 Å². The van der Waals surface area contributed by atoms with Crippen molar-refractivity contribution in [1.29, 1.82) is 0 Å². The van der Waals surface area contributed by atoms with Gasteiger partial charge in [-0.1, -0.05) is 13.8 Å². The van der Waals surface area contributed by atoms with Crippen LogP contribution in [0, 0.1) is 11.8 Å². The van der Waals surface area contributed by atoms with Crippen molar-refractivity contribution in [1.82, 2.24) is 9.88 Å². The topological polar surface area (TPSA) is 59.2 Å². The average molecular weight is 281 g/mol. The lowest BCUT2D eigenvalue weighted by atomic mass is 9.89. The third kappa shape index (κ3) is 3.54. The monoisotopic (exact) mass is 281 g/mol. The number of aromatic nitrogens is 1. The highest BCUT2D eigenvalue weighted by atomic mass is 32.1. The van der Waals surface area contributed by atoms with Crippen molar-refractivity contribution in [3.05, 3.63) is 16.1 Å². The fraction of sp³-hybridized carbons (Fsp3) is 0.714. The SMILES string of the molecule is CC(C)C1CCCN(C(=O)c2csc(CN)n2)CC1. The zero-order valence-electron chi connectivity index (χ0n) is 11.8. The molecule has 1 unspecified atom stereocenters. The third-order valence-electron chi connectivity index (χ3n) is 3.95. The molecule has 2 N–H and O–H groups in total. The van der Waals surface area contributed by atoms with Crippen LogP contribution in [0.25, 0.3) is 0 Å². The minimum absolute atomic E-state index is 0.0698. The highest BCUT2D eigenvalue weighted by molar-refractivity contribution is 7.09. The summed E-state index contributed by atoms with van der Waals surface area (Å²) in [5.74, 6) is 1.52. The molecule has 1 saturated heterocycles. The van der Waals surface area contributed by atoms with E-state index in [4.69, 9.17) is 5.73 Å². The molecule has 0 bridgehead atoms. The van der Waals surface area contributed by atoms with Crippen molar-refractivity contribution in [2.75, 3.05) is 13.1 Å². The fourth-order valence-corrected chi connectivity index (χ4v) is 3.31. The Hall–Kier alpha value is -0.940. The minimum atomic E-state index is 0.0698. The quantitative estimate of drug-likeness (QED) is 0.926. The van der Waals surface area contributed by atoms with Crippen molar-refractivity contribution < 1.29 is 4.79 Å². The fourth-order valence-electron chi connectivity index (χ4n) is 2.66. The van der Waals surface area contributed by atoms with Gasteiger partial charge in [0.25, 0.3) is 5.91 Å². The van der Waals surface area contributed by atoms with Gasteiger partial charge in [0.1, 0.15) is 10.7 Å². The van der Waals surface area contributed by atoms with E-state index in [1.165, 1.54) is 17.8 Å². The molecule has 1 aliphatic heterocycles. The minimum Gasteiger partial charge on any atom is -0.337 e. The van der Waals surface area contributed by atoms with Gasteiger partial charge in [0.15, 0.2) is 0 Å². The first-order valence-corrected chi connectivity index (χ1v) is 7.93. The Morgan fingerprint density at radius 3 is 2.95 bits per heavy atom.